The molecule has 4 heteroatoms. The van der Waals surface area contributed by atoms with Gasteiger partial charge < -0.3 is 10.4 Å². The molecular formula is C11H13Cl2NO. The van der Waals surface area contributed by atoms with Crippen LogP contribution in [-0.2, 0) is 0 Å². The zero-order valence-electron chi connectivity index (χ0n) is 8.21. The van der Waals surface area contributed by atoms with E-state index in [4.69, 9.17) is 23.2 Å². The molecule has 2 nitrogen and oxygen atoms in total. The van der Waals surface area contributed by atoms with Gasteiger partial charge in [0.1, 0.15) is 0 Å². The molecule has 0 saturated heterocycles. The van der Waals surface area contributed by atoms with E-state index in [1.165, 1.54) is 0 Å². The highest BCUT2D eigenvalue weighted by Gasteiger charge is 2.25. The number of benzene rings is 1. The highest BCUT2D eigenvalue weighted by atomic mass is 35.5. The van der Waals surface area contributed by atoms with Crippen LogP contribution in [0.5, 0.6) is 0 Å². The van der Waals surface area contributed by atoms with Crippen molar-refractivity contribution in [3.05, 3.63) is 28.2 Å². The zero-order chi connectivity index (χ0) is 10.8. The van der Waals surface area contributed by atoms with Gasteiger partial charge in [-0.3, -0.25) is 0 Å². The van der Waals surface area contributed by atoms with Gasteiger partial charge in [-0.05, 0) is 37.5 Å². The quantitative estimate of drug-likeness (QED) is 0.838. The summed E-state index contributed by atoms with van der Waals surface area (Å²) in [4.78, 5) is 0. The van der Waals surface area contributed by atoms with E-state index in [0.29, 0.717) is 10.0 Å². The number of nitrogens with one attached hydrogen (secondary N) is 1. The predicted octanol–water partition coefficient (Wildman–Crippen LogP) is 3.32. The maximum Gasteiger partial charge on any atom is 0.0741 e. The van der Waals surface area contributed by atoms with Crippen LogP contribution in [0.3, 0.4) is 0 Å². The van der Waals surface area contributed by atoms with Gasteiger partial charge in [0.15, 0.2) is 0 Å². The average molecular weight is 246 g/mol. The first-order chi connectivity index (χ1) is 7.16. The van der Waals surface area contributed by atoms with Gasteiger partial charge in [0.05, 0.1) is 22.9 Å². The van der Waals surface area contributed by atoms with Crippen molar-refractivity contribution in [1.29, 1.82) is 0 Å². The molecule has 82 valence electrons. The fourth-order valence-corrected chi connectivity index (χ4v) is 2.26. The number of halogens is 2. The molecule has 2 rings (SSSR count). The second-order valence-electron chi connectivity index (χ2n) is 3.87. The first kappa shape index (κ1) is 11.1. The molecule has 1 saturated carbocycles. The van der Waals surface area contributed by atoms with E-state index in [1.54, 1.807) is 18.2 Å². The summed E-state index contributed by atoms with van der Waals surface area (Å²) >= 11 is 11.9. The average Bonchev–Trinajstić information content (AvgIpc) is 2.58. The summed E-state index contributed by atoms with van der Waals surface area (Å²) in [5, 5.41) is 14.2. The second-order valence-corrected chi connectivity index (χ2v) is 4.72. The SMILES string of the molecule is O[C@H]1CCC[C@@H]1Nc1cc(Cl)ccc1Cl. The molecule has 0 bridgehead atoms. The standard InChI is InChI=1S/C11H13Cl2NO/c12-7-4-5-8(13)10(6-7)14-9-2-1-3-11(9)15/h4-6,9,11,14-15H,1-3H2/t9-,11-/m0/s1. The van der Waals surface area contributed by atoms with E-state index >= 15 is 0 Å². The third-order valence-corrected chi connectivity index (χ3v) is 3.31. The molecule has 0 unspecified atom stereocenters. The Morgan fingerprint density at radius 2 is 2.07 bits per heavy atom. The molecule has 0 aromatic heterocycles. The monoisotopic (exact) mass is 245 g/mol. The lowest BCUT2D eigenvalue weighted by molar-refractivity contribution is 0.172. The van der Waals surface area contributed by atoms with Crippen LogP contribution >= 0.6 is 23.2 Å². The van der Waals surface area contributed by atoms with Gasteiger partial charge in [0, 0.05) is 5.02 Å². The lowest BCUT2D eigenvalue weighted by Crippen LogP contribution is -2.27. The number of hydrogen-bond donors (Lipinski definition) is 2. The Hall–Kier alpha value is -0.440. The van der Waals surface area contributed by atoms with Gasteiger partial charge in [0.2, 0.25) is 0 Å². The van der Waals surface area contributed by atoms with E-state index in [2.05, 4.69) is 5.32 Å². The van der Waals surface area contributed by atoms with Crippen molar-refractivity contribution in [3.63, 3.8) is 0 Å². The highest BCUT2D eigenvalue weighted by molar-refractivity contribution is 6.35. The zero-order valence-corrected chi connectivity index (χ0v) is 9.72. The summed E-state index contributed by atoms with van der Waals surface area (Å²) in [6, 6.07) is 5.39. The topological polar surface area (TPSA) is 32.3 Å². The smallest absolute Gasteiger partial charge is 0.0741 e. The molecule has 2 N–H and O–H groups in total. The molecule has 2 atom stereocenters. The molecule has 1 aromatic rings. The van der Waals surface area contributed by atoms with Crippen molar-refractivity contribution < 1.29 is 5.11 Å². The van der Waals surface area contributed by atoms with Gasteiger partial charge in [-0.15, -0.1) is 0 Å². The number of rotatable bonds is 2. The first-order valence-corrected chi connectivity index (χ1v) is 5.82. The predicted molar refractivity (Wildman–Crippen MR) is 63.7 cm³/mol. The van der Waals surface area contributed by atoms with Crippen LogP contribution in [0.25, 0.3) is 0 Å². The minimum atomic E-state index is -0.278. The summed E-state index contributed by atoms with van der Waals surface area (Å²) in [6.07, 6.45) is 2.61. The Morgan fingerprint density at radius 1 is 1.27 bits per heavy atom. The van der Waals surface area contributed by atoms with Crippen LogP contribution in [0.1, 0.15) is 19.3 Å². The van der Waals surface area contributed by atoms with Gasteiger partial charge in [0.25, 0.3) is 0 Å². The van der Waals surface area contributed by atoms with Crippen LogP contribution < -0.4 is 5.32 Å². The second kappa shape index (κ2) is 4.60. The summed E-state index contributed by atoms with van der Waals surface area (Å²) < 4.78 is 0. The van der Waals surface area contributed by atoms with Crippen molar-refractivity contribution in [2.24, 2.45) is 0 Å². The highest BCUT2D eigenvalue weighted by Crippen LogP contribution is 2.29. The third kappa shape index (κ3) is 2.57. The maximum atomic E-state index is 9.67. The largest absolute Gasteiger partial charge is 0.391 e. The van der Waals surface area contributed by atoms with Crippen molar-refractivity contribution in [3.8, 4) is 0 Å². The van der Waals surface area contributed by atoms with E-state index in [9.17, 15) is 5.11 Å². The minimum absolute atomic E-state index is 0.0981. The molecule has 0 aliphatic heterocycles. The van der Waals surface area contributed by atoms with E-state index in [-0.39, 0.29) is 12.1 Å². The minimum Gasteiger partial charge on any atom is -0.391 e. The van der Waals surface area contributed by atoms with E-state index in [0.717, 1.165) is 24.9 Å². The van der Waals surface area contributed by atoms with E-state index in [1.807, 2.05) is 0 Å². The van der Waals surface area contributed by atoms with Crippen LogP contribution in [-0.4, -0.2) is 17.3 Å². The van der Waals surface area contributed by atoms with Crippen LogP contribution in [0.15, 0.2) is 18.2 Å². The lowest BCUT2D eigenvalue weighted by Gasteiger charge is -2.18. The van der Waals surface area contributed by atoms with Crippen LogP contribution in [0.4, 0.5) is 5.69 Å². The summed E-state index contributed by atoms with van der Waals surface area (Å²) in [6.45, 7) is 0. The molecule has 0 heterocycles. The number of aliphatic hydroxyl groups is 1. The Labute approximate surface area is 99.2 Å². The van der Waals surface area contributed by atoms with Crippen LogP contribution in [0.2, 0.25) is 10.0 Å². The number of hydrogen-bond acceptors (Lipinski definition) is 2. The van der Waals surface area contributed by atoms with Crippen molar-refractivity contribution in [2.45, 2.75) is 31.4 Å². The molecule has 1 fully saturated rings. The molecule has 1 aliphatic rings. The first-order valence-electron chi connectivity index (χ1n) is 5.06. The van der Waals surface area contributed by atoms with Gasteiger partial charge in [-0.2, -0.15) is 0 Å². The van der Waals surface area contributed by atoms with Crippen LogP contribution in [0, 0.1) is 0 Å². The fourth-order valence-electron chi connectivity index (χ4n) is 1.92. The summed E-state index contributed by atoms with van der Waals surface area (Å²) in [5.74, 6) is 0. The molecule has 0 spiro atoms. The summed E-state index contributed by atoms with van der Waals surface area (Å²) in [5.41, 5.74) is 0.801. The normalized spacial score (nSPS) is 25.5. The Balaban J connectivity index is 2.12. The van der Waals surface area contributed by atoms with Crippen molar-refractivity contribution in [1.82, 2.24) is 0 Å². The van der Waals surface area contributed by atoms with E-state index < -0.39 is 0 Å². The van der Waals surface area contributed by atoms with Gasteiger partial charge in [-0.1, -0.05) is 23.2 Å². The molecule has 1 aromatic carbocycles. The third-order valence-electron chi connectivity index (χ3n) is 2.75. The summed E-state index contributed by atoms with van der Waals surface area (Å²) in [7, 11) is 0. The van der Waals surface area contributed by atoms with Crippen molar-refractivity contribution in [2.75, 3.05) is 5.32 Å². The molecule has 0 radical (unpaired) electrons. The Morgan fingerprint density at radius 3 is 2.73 bits per heavy atom. The Bertz CT molecular complexity index is 356. The Kier molecular flexibility index (Phi) is 3.39. The molecular weight excluding hydrogens is 233 g/mol. The fraction of sp³-hybridized carbons (Fsp3) is 0.455. The lowest BCUT2D eigenvalue weighted by atomic mass is 10.2. The number of aliphatic hydroxyl groups excluding tert-OH is 1. The number of anilines is 1. The molecule has 0 amide bonds. The van der Waals surface area contributed by atoms with Gasteiger partial charge >= 0.3 is 0 Å². The molecule has 1 aliphatic carbocycles. The van der Waals surface area contributed by atoms with Crippen molar-refractivity contribution >= 4 is 28.9 Å². The molecule has 15 heavy (non-hydrogen) atoms. The van der Waals surface area contributed by atoms with Gasteiger partial charge in [-0.25, -0.2) is 0 Å². The maximum absolute atomic E-state index is 9.67.